The molecular formula is C25H17BrN4O4. The number of carbonyl (C=O) groups is 1. The van der Waals surface area contributed by atoms with Crippen molar-refractivity contribution in [3.05, 3.63) is 98.9 Å². The highest BCUT2D eigenvalue weighted by Gasteiger charge is 2.17. The summed E-state index contributed by atoms with van der Waals surface area (Å²) < 4.78 is 13.2. The van der Waals surface area contributed by atoms with Crippen LogP contribution in [-0.4, -0.2) is 22.4 Å². The summed E-state index contributed by atoms with van der Waals surface area (Å²) >= 11 is 3.36. The highest BCUT2D eigenvalue weighted by molar-refractivity contribution is 9.10. The van der Waals surface area contributed by atoms with E-state index in [9.17, 15) is 14.9 Å². The third-order valence-corrected chi connectivity index (χ3v) is 5.27. The Morgan fingerprint density at radius 3 is 2.65 bits per heavy atom. The van der Waals surface area contributed by atoms with Crippen LogP contribution in [0.5, 0.6) is 17.4 Å². The highest BCUT2D eigenvalue weighted by atomic mass is 79.9. The average molecular weight is 517 g/mol. The third kappa shape index (κ3) is 4.98. The number of fused-ring (bicyclic) bond motifs is 1. The SMILES string of the molecule is COc1cccc(NC(=O)/C(C#N)=C\c2c(Oc3ccc(Br)cc3)nc3ccccn3c2=O)c1. The normalized spacial score (nSPS) is 11.0. The molecule has 0 saturated carbocycles. The molecule has 0 spiro atoms. The van der Waals surface area contributed by atoms with Crippen molar-refractivity contribution >= 4 is 39.2 Å². The maximum atomic E-state index is 13.2. The van der Waals surface area contributed by atoms with E-state index in [1.807, 2.05) is 6.07 Å². The molecule has 0 fully saturated rings. The van der Waals surface area contributed by atoms with Crippen molar-refractivity contribution in [3.63, 3.8) is 0 Å². The molecule has 1 amide bonds. The molecule has 2 heterocycles. The molecule has 34 heavy (non-hydrogen) atoms. The first kappa shape index (κ1) is 22.8. The van der Waals surface area contributed by atoms with Gasteiger partial charge in [-0.1, -0.05) is 28.1 Å². The molecule has 1 N–H and O–H groups in total. The van der Waals surface area contributed by atoms with Gasteiger partial charge >= 0.3 is 0 Å². The minimum Gasteiger partial charge on any atom is -0.497 e. The van der Waals surface area contributed by atoms with Crippen molar-refractivity contribution in [3.8, 4) is 23.4 Å². The summed E-state index contributed by atoms with van der Waals surface area (Å²) in [5.41, 5.74) is -0.0249. The number of nitrogens with one attached hydrogen (secondary N) is 1. The van der Waals surface area contributed by atoms with Crippen molar-refractivity contribution in [2.45, 2.75) is 0 Å². The molecule has 0 aliphatic carbocycles. The molecule has 0 aliphatic rings. The zero-order valence-electron chi connectivity index (χ0n) is 17.9. The second kappa shape index (κ2) is 10.0. The Bertz CT molecular complexity index is 1500. The van der Waals surface area contributed by atoms with Gasteiger partial charge in [-0.15, -0.1) is 0 Å². The van der Waals surface area contributed by atoms with E-state index >= 15 is 0 Å². The number of carbonyl (C=O) groups excluding carboxylic acids is 1. The molecule has 4 aromatic rings. The summed E-state index contributed by atoms with van der Waals surface area (Å²) in [4.78, 5) is 30.5. The predicted octanol–water partition coefficient (Wildman–Crippen LogP) is 4.80. The molecular weight excluding hydrogens is 500 g/mol. The second-order valence-electron chi connectivity index (χ2n) is 6.98. The number of pyridine rings is 1. The van der Waals surface area contributed by atoms with Crippen LogP contribution in [-0.2, 0) is 4.79 Å². The van der Waals surface area contributed by atoms with Crippen molar-refractivity contribution in [2.75, 3.05) is 12.4 Å². The molecule has 9 heteroatoms. The number of hydrogen-bond acceptors (Lipinski definition) is 6. The molecule has 0 saturated heterocycles. The Hall–Kier alpha value is -4.42. The van der Waals surface area contributed by atoms with Gasteiger partial charge in [0.05, 0.1) is 7.11 Å². The average Bonchev–Trinajstić information content (AvgIpc) is 2.85. The van der Waals surface area contributed by atoms with Gasteiger partial charge in [0.2, 0.25) is 5.88 Å². The number of halogens is 1. The van der Waals surface area contributed by atoms with Gasteiger partial charge in [0.15, 0.2) is 0 Å². The molecule has 0 atom stereocenters. The van der Waals surface area contributed by atoms with Gasteiger partial charge in [0, 0.05) is 22.4 Å². The summed E-state index contributed by atoms with van der Waals surface area (Å²) in [6.07, 6.45) is 2.73. The summed E-state index contributed by atoms with van der Waals surface area (Å²) in [5, 5.41) is 12.3. The summed E-state index contributed by atoms with van der Waals surface area (Å²) in [5.74, 6) is 0.259. The van der Waals surface area contributed by atoms with Crippen LogP contribution < -0.4 is 20.3 Å². The van der Waals surface area contributed by atoms with Gasteiger partial charge in [-0.3, -0.25) is 14.0 Å². The fraction of sp³-hybridized carbons (Fsp3) is 0.0400. The first-order chi connectivity index (χ1) is 16.5. The van der Waals surface area contributed by atoms with E-state index in [-0.39, 0.29) is 17.0 Å². The van der Waals surface area contributed by atoms with Crippen LogP contribution in [0.25, 0.3) is 11.7 Å². The number of anilines is 1. The standard InChI is InChI=1S/C25H17BrN4O4/c1-33-20-6-4-5-18(14-20)28-23(31)16(15-27)13-21-24(34-19-10-8-17(26)9-11-19)29-22-7-2-3-12-30(22)25(21)32/h2-14H,1H3,(H,28,31)/b16-13-. The molecule has 8 nitrogen and oxygen atoms in total. The van der Waals surface area contributed by atoms with Crippen molar-refractivity contribution in [1.29, 1.82) is 5.26 Å². The number of nitriles is 1. The lowest BCUT2D eigenvalue weighted by atomic mass is 10.1. The van der Waals surface area contributed by atoms with Crippen LogP contribution in [0.2, 0.25) is 0 Å². The van der Waals surface area contributed by atoms with Gasteiger partial charge in [0.1, 0.15) is 34.4 Å². The number of amides is 1. The number of aromatic nitrogens is 2. The van der Waals surface area contributed by atoms with E-state index in [2.05, 4.69) is 26.2 Å². The number of ether oxygens (including phenoxy) is 2. The topological polar surface area (TPSA) is 106 Å². The Morgan fingerprint density at radius 2 is 1.91 bits per heavy atom. The Labute approximate surface area is 202 Å². The zero-order valence-corrected chi connectivity index (χ0v) is 19.4. The van der Waals surface area contributed by atoms with Crippen LogP contribution in [0.15, 0.2) is 87.8 Å². The van der Waals surface area contributed by atoms with Crippen LogP contribution in [0.3, 0.4) is 0 Å². The van der Waals surface area contributed by atoms with E-state index in [4.69, 9.17) is 9.47 Å². The second-order valence-corrected chi connectivity index (χ2v) is 7.89. The van der Waals surface area contributed by atoms with E-state index in [1.54, 1.807) is 72.9 Å². The maximum Gasteiger partial charge on any atom is 0.269 e. The molecule has 0 bridgehead atoms. The van der Waals surface area contributed by atoms with Gasteiger partial charge in [-0.25, -0.2) is 0 Å². The van der Waals surface area contributed by atoms with Gasteiger partial charge in [0.25, 0.3) is 11.5 Å². The van der Waals surface area contributed by atoms with Crippen LogP contribution in [0, 0.1) is 11.3 Å². The van der Waals surface area contributed by atoms with Crippen LogP contribution >= 0.6 is 15.9 Å². The quantitative estimate of drug-likeness (QED) is 0.291. The van der Waals surface area contributed by atoms with E-state index < -0.39 is 11.5 Å². The fourth-order valence-electron chi connectivity index (χ4n) is 3.09. The highest BCUT2D eigenvalue weighted by Crippen LogP contribution is 2.26. The molecule has 0 aliphatic heterocycles. The van der Waals surface area contributed by atoms with E-state index in [0.29, 0.717) is 22.8 Å². The van der Waals surface area contributed by atoms with Crippen molar-refractivity contribution in [1.82, 2.24) is 9.38 Å². The number of nitrogens with zero attached hydrogens (tertiary/aromatic N) is 3. The van der Waals surface area contributed by atoms with Crippen molar-refractivity contribution < 1.29 is 14.3 Å². The molecule has 0 unspecified atom stereocenters. The monoisotopic (exact) mass is 516 g/mol. The number of benzene rings is 2. The molecule has 168 valence electrons. The molecule has 2 aromatic carbocycles. The number of rotatable bonds is 6. The van der Waals surface area contributed by atoms with Gasteiger partial charge < -0.3 is 14.8 Å². The van der Waals surface area contributed by atoms with Crippen LogP contribution in [0.4, 0.5) is 5.69 Å². The molecule has 4 rings (SSSR count). The Kier molecular flexibility index (Phi) is 6.71. The summed E-state index contributed by atoms with van der Waals surface area (Å²) in [6, 6.07) is 20.6. The van der Waals surface area contributed by atoms with Crippen molar-refractivity contribution in [2.24, 2.45) is 0 Å². The predicted molar refractivity (Wildman–Crippen MR) is 131 cm³/mol. The zero-order chi connectivity index (χ0) is 24.1. The summed E-state index contributed by atoms with van der Waals surface area (Å²) in [6.45, 7) is 0. The minimum atomic E-state index is -0.692. The van der Waals surface area contributed by atoms with Gasteiger partial charge in [-0.05, 0) is 54.6 Å². The minimum absolute atomic E-state index is 0.0274. The first-order valence-corrected chi connectivity index (χ1v) is 10.8. The third-order valence-electron chi connectivity index (χ3n) is 4.74. The lowest BCUT2D eigenvalue weighted by Gasteiger charge is -2.11. The number of methoxy groups -OCH3 is 1. The summed E-state index contributed by atoms with van der Waals surface area (Å²) in [7, 11) is 1.51. The Morgan fingerprint density at radius 1 is 1.12 bits per heavy atom. The van der Waals surface area contributed by atoms with Gasteiger partial charge in [-0.2, -0.15) is 10.2 Å². The Balaban J connectivity index is 1.78. The maximum absolute atomic E-state index is 13.2. The molecule has 2 aromatic heterocycles. The lowest BCUT2D eigenvalue weighted by molar-refractivity contribution is -0.112. The number of hydrogen-bond donors (Lipinski definition) is 1. The largest absolute Gasteiger partial charge is 0.497 e. The lowest BCUT2D eigenvalue weighted by Crippen LogP contribution is -2.20. The van der Waals surface area contributed by atoms with E-state index in [1.165, 1.54) is 17.6 Å². The fourth-order valence-corrected chi connectivity index (χ4v) is 3.35. The van der Waals surface area contributed by atoms with E-state index in [0.717, 1.165) is 4.47 Å². The molecule has 0 radical (unpaired) electrons. The van der Waals surface area contributed by atoms with Crippen LogP contribution in [0.1, 0.15) is 5.56 Å². The smallest absolute Gasteiger partial charge is 0.269 e. The first-order valence-electron chi connectivity index (χ1n) is 10.0.